The molecule has 15 heteroatoms. The van der Waals surface area contributed by atoms with E-state index in [1.165, 1.54) is 41.3 Å². The number of carbonyl (C=O) groups is 1. The molecule has 4 rings (SSSR count). The van der Waals surface area contributed by atoms with Gasteiger partial charge in [0.25, 0.3) is 10.0 Å². The molecule has 2 aromatic heterocycles. The third-order valence-corrected chi connectivity index (χ3v) is 7.67. The van der Waals surface area contributed by atoms with E-state index in [9.17, 15) is 13.2 Å². The van der Waals surface area contributed by atoms with Crippen LogP contribution in [0.4, 0.5) is 15.9 Å². The zero-order valence-corrected chi connectivity index (χ0v) is 22.5. The highest BCUT2D eigenvalue weighted by Crippen LogP contribution is 2.34. The van der Waals surface area contributed by atoms with Crippen LogP contribution in [0.25, 0.3) is 22.3 Å². The summed E-state index contributed by atoms with van der Waals surface area (Å²) in [4.78, 5) is 22.1. The van der Waals surface area contributed by atoms with Crippen molar-refractivity contribution in [3.63, 3.8) is 0 Å². The Bertz CT molecular complexity index is 1630. The summed E-state index contributed by atoms with van der Waals surface area (Å²) >= 11 is 11.9. The number of halogens is 3. The van der Waals surface area contributed by atoms with Gasteiger partial charge in [-0.2, -0.15) is 5.10 Å². The number of benzene rings is 2. The van der Waals surface area contributed by atoms with Gasteiger partial charge in [-0.15, -0.1) is 0 Å². The zero-order chi connectivity index (χ0) is 27.6. The van der Waals surface area contributed by atoms with Crippen molar-refractivity contribution in [2.45, 2.75) is 11.4 Å². The monoisotopic (exact) mass is 581 g/mol. The van der Waals surface area contributed by atoms with Crippen LogP contribution in [0.2, 0.25) is 10.0 Å². The number of anilines is 2. The maximum absolute atomic E-state index is 15.1. The van der Waals surface area contributed by atoms with Crippen molar-refractivity contribution in [2.75, 3.05) is 37.7 Å². The second kappa shape index (κ2) is 11.1. The van der Waals surface area contributed by atoms with Crippen molar-refractivity contribution < 1.29 is 22.3 Å². The number of nitrogen functional groups attached to an aromatic ring is 1. The Labute approximate surface area is 227 Å². The molecule has 0 saturated carbocycles. The number of carbonyl (C=O) groups excluding carboxylic acids is 1. The molecule has 2 heterocycles. The molecule has 2 aromatic carbocycles. The van der Waals surface area contributed by atoms with Gasteiger partial charge in [0.05, 0.1) is 21.1 Å². The number of esters is 1. The molecule has 0 aliphatic carbocycles. The van der Waals surface area contributed by atoms with E-state index < -0.39 is 21.8 Å². The van der Waals surface area contributed by atoms with E-state index >= 15 is 4.39 Å². The highest BCUT2D eigenvalue weighted by molar-refractivity contribution is 7.92. The first kappa shape index (κ1) is 27.5. The van der Waals surface area contributed by atoms with Crippen molar-refractivity contribution in [1.82, 2.24) is 24.6 Å². The predicted molar refractivity (Wildman–Crippen MR) is 142 cm³/mol. The number of likely N-dealkylation sites (N-methyl/N-ethyl adjacent to an activating group) is 1. The van der Waals surface area contributed by atoms with Gasteiger partial charge in [0, 0.05) is 12.1 Å². The van der Waals surface area contributed by atoms with Gasteiger partial charge >= 0.3 is 5.97 Å². The van der Waals surface area contributed by atoms with E-state index in [0.29, 0.717) is 11.9 Å². The average molecular weight is 582 g/mol. The molecule has 0 bridgehead atoms. The normalized spacial score (nSPS) is 11.7. The molecule has 0 saturated heterocycles. The van der Waals surface area contributed by atoms with Crippen LogP contribution in [0.5, 0.6) is 0 Å². The van der Waals surface area contributed by atoms with Gasteiger partial charge in [0.2, 0.25) is 0 Å². The first-order valence-electron chi connectivity index (χ1n) is 11.0. The molecule has 0 fully saturated rings. The molecule has 200 valence electrons. The third kappa shape index (κ3) is 5.80. The van der Waals surface area contributed by atoms with Gasteiger partial charge in [-0.05, 0) is 38.4 Å². The minimum atomic E-state index is -4.25. The largest absolute Gasteiger partial charge is 0.463 e. The van der Waals surface area contributed by atoms with Crippen LogP contribution in [-0.4, -0.2) is 66.3 Å². The quantitative estimate of drug-likeness (QED) is 0.284. The number of nitrogens with zero attached hydrogens (tertiary/aromatic N) is 5. The number of ether oxygens (including phenoxy) is 1. The fourth-order valence-electron chi connectivity index (χ4n) is 3.49. The number of rotatable bonds is 9. The summed E-state index contributed by atoms with van der Waals surface area (Å²) in [6.07, 6.45) is 1.22. The molecule has 4 aromatic rings. The summed E-state index contributed by atoms with van der Waals surface area (Å²) < 4.78 is 49.4. The van der Waals surface area contributed by atoms with Crippen molar-refractivity contribution in [2.24, 2.45) is 0 Å². The Morgan fingerprint density at radius 1 is 1.21 bits per heavy atom. The topological polar surface area (TPSA) is 145 Å². The minimum absolute atomic E-state index is 0.0363. The summed E-state index contributed by atoms with van der Waals surface area (Å²) in [6, 6.07) is 7.83. The highest BCUT2D eigenvalue weighted by atomic mass is 35.5. The zero-order valence-electron chi connectivity index (χ0n) is 20.2. The second-order valence-corrected chi connectivity index (χ2v) is 10.8. The first-order chi connectivity index (χ1) is 18.0. The maximum Gasteiger partial charge on any atom is 0.327 e. The van der Waals surface area contributed by atoms with E-state index in [-0.39, 0.29) is 56.5 Å². The standard InChI is InChI=1S/C23H22Cl2FN7O4S/c1-32(2)8-9-37-18(34)11-33-23-19(22(27)28-12-29-23)21(30-33)13-6-7-16(15(26)10-13)31-38(35,36)17-5-3-4-14(24)20(17)25/h3-7,10,12,31H,8-9,11H2,1-2H3,(H2,27,28,29). The Morgan fingerprint density at radius 2 is 1.97 bits per heavy atom. The van der Waals surface area contributed by atoms with Crippen molar-refractivity contribution >= 4 is 61.7 Å². The fourth-order valence-corrected chi connectivity index (χ4v) is 5.32. The summed E-state index contributed by atoms with van der Waals surface area (Å²) in [5.74, 6) is -1.38. The number of nitrogens with two attached hydrogens (primary N) is 1. The molecule has 0 spiro atoms. The van der Waals surface area contributed by atoms with Crippen LogP contribution in [0.15, 0.2) is 47.6 Å². The smallest absolute Gasteiger partial charge is 0.327 e. The summed E-state index contributed by atoms with van der Waals surface area (Å²) in [7, 11) is -0.551. The van der Waals surface area contributed by atoms with Crippen LogP contribution in [0, 0.1) is 5.82 Å². The highest BCUT2D eigenvalue weighted by Gasteiger charge is 2.23. The van der Waals surface area contributed by atoms with Crippen LogP contribution < -0.4 is 10.5 Å². The van der Waals surface area contributed by atoms with Gasteiger partial charge in [0.1, 0.15) is 41.7 Å². The number of fused-ring (bicyclic) bond motifs is 1. The number of sulfonamides is 1. The molecule has 3 N–H and O–H groups in total. The molecule has 0 aliphatic heterocycles. The molecule has 0 amide bonds. The minimum Gasteiger partial charge on any atom is -0.463 e. The Balaban J connectivity index is 1.65. The van der Waals surface area contributed by atoms with E-state index in [1.807, 2.05) is 19.0 Å². The van der Waals surface area contributed by atoms with Crippen LogP contribution in [0.3, 0.4) is 0 Å². The lowest BCUT2D eigenvalue weighted by atomic mass is 10.1. The molecule has 0 aliphatic rings. The molecule has 0 unspecified atom stereocenters. The van der Waals surface area contributed by atoms with E-state index in [2.05, 4.69) is 19.8 Å². The Kier molecular flexibility index (Phi) is 8.02. The lowest BCUT2D eigenvalue weighted by Crippen LogP contribution is -2.22. The number of hydrogen-bond acceptors (Lipinski definition) is 9. The van der Waals surface area contributed by atoms with Gasteiger partial charge < -0.3 is 15.4 Å². The fraction of sp³-hybridized carbons (Fsp3) is 0.217. The van der Waals surface area contributed by atoms with E-state index in [1.54, 1.807) is 0 Å². The average Bonchev–Trinajstić information content (AvgIpc) is 3.21. The SMILES string of the molecule is CN(C)CCOC(=O)Cn1nc(-c2ccc(NS(=O)(=O)c3cccc(Cl)c3Cl)c(F)c2)c2c(N)ncnc21. The third-order valence-electron chi connectivity index (χ3n) is 5.33. The number of hydrogen-bond donors (Lipinski definition) is 2. The Hall–Kier alpha value is -3.52. The predicted octanol–water partition coefficient (Wildman–Crippen LogP) is 3.43. The first-order valence-corrected chi connectivity index (χ1v) is 13.3. The second-order valence-electron chi connectivity index (χ2n) is 8.34. The molecule has 38 heavy (non-hydrogen) atoms. The van der Waals surface area contributed by atoms with Gasteiger partial charge in [-0.3, -0.25) is 9.52 Å². The number of nitrogens with one attached hydrogen (secondary N) is 1. The van der Waals surface area contributed by atoms with Crippen LogP contribution >= 0.6 is 23.2 Å². The molecular weight excluding hydrogens is 560 g/mol. The summed E-state index contributed by atoms with van der Waals surface area (Å²) in [5, 5.41) is 4.55. The maximum atomic E-state index is 15.1. The molecular formula is C23H22Cl2FN7O4S. The van der Waals surface area contributed by atoms with Crippen LogP contribution in [0.1, 0.15) is 0 Å². The van der Waals surface area contributed by atoms with Crippen molar-refractivity contribution in [3.05, 3.63) is 58.6 Å². The molecule has 0 atom stereocenters. The van der Waals surface area contributed by atoms with Gasteiger partial charge in [-0.1, -0.05) is 35.3 Å². The van der Waals surface area contributed by atoms with Crippen molar-refractivity contribution in [3.8, 4) is 11.3 Å². The summed E-state index contributed by atoms with van der Waals surface area (Å²) in [6.45, 7) is 0.476. The summed E-state index contributed by atoms with van der Waals surface area (Å²) in [5.41, 5.74) is 6.42. The molecule has 11 nitrogen and oxygen atoms in total. The van der Waals surface area contributed by atoms with E-state index in [0.717, 1.165) is 6.07 Å². The van der Waals surface area contributed by atoms with E-state index in [4.69, 9.17) is 33.7 Å². The number of aromatic nitrogens is 4. The van der Waals surface area contributed by atoms with Gasteiger partial charge in [-0.25, -0.2) is 27.5 Å². The van der Waals surface area contributed by atoms with Crippen molar-refractivity contribution in [1.29, 1.82) is 0 Å². The van der Waals surface area contributed by atoms with Crippen LogP contribution in [-0.2, 0) is 26.1 Å². The lowest BCUT2D eigenvalue weighted by Gasteiger charge is -2.11. The lowest BCUT2D eigenvalue weighted by molar-refractivity contribution is -0.144. The Morgan fingerprint density at radius 3 is 2.68 bits per heavy atom. The molecule has 0 radical (unpaired) electrons. The van der Waals surface area contributed by atoms with Gasteiger partial charge in [0.15, 0.2) is 5.65 Å².